The molecule has 0 spiro atoms. The Morgan fingerprint density at radius 2 is 1.00 bits per heavy atom. The van der Waals surface area contributed by atoms with Crippen LogP contribution in [0.2, 0.25) is 0 Å². The predicted octanol–water partition coefficient (Wildman–Crippen LogP) is 4.88. The van der Waals surface area contributed by atoms with Gasteiger partial charge in [0.15, 0.2) is 5.79 Å². The van der Waals surface area contributed by atoms with Crippen LogP contribution in [-0.2, 0) is 0 Å². The van der Waals surface area contributed by atoms with Crippen LogP contribution in [0.1, 0.15) is 105 Å². The van der Waals surface area contributed by atoms with Crippen molar-refractivity contribution in [3.63, 3.8) is 0 Å². The second-order valence-corrected chi connectivity index (χ2v) is 9.62. The lowest BCUT2D eigenvalue weighted by molar-refractivity contribution is -0.237. The van der Waals surface area contributed by atoms with Crippen molar-refractivity contribution < 1.29 is 20.4 Å². The van der Waals surface area contributed by atoms with Crippen LogP contribution in [0.3, 0.4) is 0 Å². The molecule has 4 nitrogen and oxygen atoms in total. The molecular weight excluding hydrogens is 340 g/mol. The van der Waals surface area contributed by atoms with E-state index in [4.69, 9.17) is 5.11 Å². The molecule has 0 aliphatic carbocycles. The van der Waals surface area contributed by atoms with Gasteiger partial charge in [0, 0.05) is 6.42 Å². The molecule has 4 atom stereocenters. The number of rotatable bonds is 17. The highest BCUT2D eigenvalue weighted by molar-refractivity contribution is 4.75. The molecule has 0 saturated carbocycles. The smallest absolute Gasteiger partial charge is 0.191 e. The van der Waals surface area contributed by atoms with E-state index >= 15 is 0 Å². The third-order valence-corrected chi connectivity index (χ3v) is 5.98. The summed E-state index contributed by atoms with van der Waals surface area (Å²) >= 11 is 0. The zero-order valence-corrected chi connectivity index (χ0v) is 18.7. The lowest BCUT2D eigenvalue weighted by Gasteiger charge is -2.27. The van der Waals surface area contributed by atoms with E-state index in [9.17, 15) is 15.3 Å². The fourth-order valence-corrected chi connectivity index (χ4v) is 3.71. The Hall–Kier alpha value is -0.160. The first-order valence-corrected chi connectivity index (χ1v) is 11.3. The van der Waals surface area contributed by atoms with E-state index in [-0.39, 0.29) is 6.42 Å². The predicted molar refractivity (Wildman–Crippen MR) is 113 cm³/mol. The third kappa shape index (κ3) is 14.5. The lowest BCUT2D eigenvalue weighted by atomic mass is 9.89. The molecule has 0 saturated heterocycles. The van der Waals surface area contributed by atoms with Gasteiger partial charge in [-0.05, 0) is 30.1 Å². The van der Waals surface area contributed by atoms with Gasteiger partial charge in [-0.3, -0.25) is 0 Å². The second kappa shape index (κ2) is 14.8. The summed E-state index contributed by atoms with van der Waals surface area (Å²) in [6, 6.07) is 0. The highest BCUT2D eigenvalue weighted by Crippen LogP contribution is 2.24. The van der Waals surface area contributed by atoms with Crippen LogP contribution < -0.4 is 0 Å². The van der Waals surface area contributed by atoms with E-state index in [1.165, 1.54) is 51.4 Å². The summed E-state index contributed by atoms with van der Waals surface area (Å²) in [4.78, 5) is 0. The molecule has 0 aromatic heterocycles. The highest BCUT2D eigenvalue weighted by Gasteiger charge is 2.32. The summed E-state index contributed by atoms with van der Waals surface area (Å²) in [6.07, 6.45) is 10.8. The molecule has 4 heteroatoms. The van der Waals surface area contributed by atoms with Gasteiger partial charge < -0.3 is 20.4 Å². The van der Waals surface area contributed by atoms with Gasteiger partial charge in [-0.15, -0.1) is 0 Å². The van der Waals surface area contributed by atoms with Gasteiger partial charge in [0.1, 0.15) is 6.10 Å². The van der Waals surface area contributed by atoms with Gasteiger partial charge in [-0.25, -0.2) is 0 Å². The van der Waals surface area contributed by atoms with E-state index in [0.717, 1.165) is 24.2 Å². The fourth-order valence-electron chi connectivity index (χ4n) is 3.71. The normalized spacial score (nSPS) is 17.1. The SMILES string of the molecule is CC(C)CCCC(C)CCCC(C)CCCC(C)CCC(O)(O)C(O)CO. The van der Waals surface area contributed by atoms with Gasteiger partial charge in [0.2, 0.25) is 0 Å². The van der Waals surface area contributed by atoms with Crippen LogP contribution in [0, 0.1) is 23.7 Å². The summed E-state index contributed by atoms with van der Waals surface area (Å²) < 4.78 is 0. The first-order chi connectivity index (χ1) is 12.6. The van der Waals surface area contributed by atoms with Crippen molar-refractivity contribution in [2.24, 2.45) is 23.7 Å². The molecule has 27 heavy (non-hydrogen) atoms. The first kappa shape index (κ1) is 26.8. The van der Waals surface area contributed by atoms with Crippen molar-refractivity contribution in [3.8, 4) is 0 Å². The zero-order valence-electron chi connectivity index (χ0n) is 18.7. The number of hydrogen-bond donors (Lipinski definition) is 4. The van der Waals surface area contributed by atoms with E-state index in [2.05, 4.69) is 34.6 Å². The minimum atomic E-state index is -2.18. The van der Waals surface area contributed by atoms with Gasteiger partial charge >= 0.3 is 0 Å². The maximum absolute atomic E-state index is 9.71. The molecule has 0 amide bonds. The minimum Gasteiger partial charge on any atom is -0.393 e. The van der Waals surface area contributed by atoms with Gasteiger partial charge in [0.05, 0.1) is 6.61 Å². The van der Waals surface area contributed by atoms with Crippen molar-refractivity contribution in [1.29, 1.82) is 0 Å². The zero-order chi connectivity index (χ0) is 20.9. The molecule has 0 aliphatic rings. The Balaban J connectivity index is 3.74. The largest absolute Gasteiger partial charge is 0.393 e. The van der Waals surface area contributed by atoms with E-state index < -0.39 is 18.5 Å². The van der Waals surface area contributed by atoms with Crippen molar-refractivity contribution in [2.45, 2.75) is 117 Å². The first-order valence-electron chi connectivity index (χ1n) is 11.3. The maximum Gasteiger partial charge on any atom is 0.191 e. The molecule has 164 valence electrons. The topological polar surface area (TPSA) is 80.9 Å². The molecule has 0 aromatic rings. The minimum absolute atomic E-state index is 0.0974. The Morgan fingerprint density at radius 1 is 0.630 bits per heavy atom. The summed E-state index contributed by atoms with van der Waals surface area (Å²) in [5, 5.41) is 37.7. The quantitative estimate of drug-likeness (QED) is 0.268. The van der Waals surface area contributed by atoms with E-state index in [0.29, 0.717) is 12.3 Å². The molecule has 0 aromatic carbocycles. The van der Waals surface area contributed by atoms with Crippen LogP contribution in [0.4, 0.5) is 0 Å². The maximum atomic E-state index is 9.71. The number of aliphatic hydroxyl groups is 4. The van der Waals surface area contributed by atoms with Crippen molar-refractivity contribution in [2.75, 3.05) is 6.61 Å². The molecule has 0 heterocycles. The lowest BCUT2D eigenvalue weighted by Crippen LogP contribution is -2.44. The van der Waals surface area contributed by atoms with Crippen LogP contribution in [0.5, 0.6) is 0 Å². The Labute approximate surface area is 168 Å². The number of aliphatic hydroxyl groups excluding tert-OH is 2. The summed E-state index contributed by atoms with van der Waals surface area (Å²) in [5.74, 6) is 0.643. The van der Waals surface area contributed by atoms with Crippen molar-refractivity contribution in [1.82, 2.24) is 0 Å². The fraction of sp³-hybridized carbons (Fsp3) is 1.00. The number of hydrogen-bond acceptors (Lipinski definition) is 4. The van der Waals surface area contributed by atoms with E-state index in [1.807, 2.05) is 0 Å². The summed E-state index contributed by atoms with van der Waals surface area (Å²) in [6.45, 7) is 10.8. The third-order valence-electron chi connectivity index (χ3n) is 5.98. The molecule has 4 unspecified atom stereocenters. The summed E-state index contributed by atoms with van der Waals surface area (Å²) in [5.41, 5.74) is 0. The second-order valence-electron chi connectivity index (χ2n) is 9.62. The van der Waals surface area contributed by atoms with Gasteiger partial charge in [-0.1, -0.05) is 92.4 Å². The average Bonchev–Trinajstić information content (AvgIpc) is 2.59. The molecule has 4 N–H and O–H groups in total. The molecule has 0 rings (SSSR count). The molecule has 0 radical (unpaired) electrons. The van der Waals surface area contributed by atoms with Crippen LogP contribution >= 0.6 is 0 Å². The monoisotopic (exact) mass is 388 g/mol. The highest BCUT2D eigenvalue weighted by atomic mass is 16.5. The van der Waals surface area contributed by atoms with Crippen LogP contribution in [0.15, 0.2) is 0 Å². The molecule has 0 aliphatic heterocycles. The van der Waals surface area contributed by atoms with Crippen molar-refractivity contribution in [3.05, 3.63) is 0 Å². The van der Waals surface area contributed by atoms with Crippen LogP contribution in [0.25, 0.3) is 0 Å². The Bertz CT molecular complexity index is 343. The standard InChI is InChI=1S/C23H48O4/c1-18(2)9-6-10-19(3)11-7-12-20(4)13-8-14-21(5)15-16-23(26,27)22(25)17-24/h18-22,24-27H,6-17H2,1-5H3. The molecule has 0 bridgehead atoms. The van der Waals surface area contributed by atoms with Gasteiger partial charge in [0.25, 0.3) is 0 Å². The Kier molecular flexibility index (Phi) is 14.7. The molecular formula is C23H48O4. The van der Waals surface area contributed by atoms with Crippen LogP contribution in [-0.4, -0.2) is 38.9 Å². The average molecular weight is 389 g/mol. The van der Waals surface area contributed by atoms with Crippen molar-refractivity contribution >= 4 is 0 Å². The summed E-state index contributed by atoms with van der Waals surface area (Å²) in [7, 11) is 0. The molecule has 0 fully saturated rings. The van der Waals surface area contributed by atoms with E-state index in [1.54, 1.807) is 0 Å². The van der Waals surface area contributed by atoms with Gasteiger partial charge in [-0.2, -0.15) is 0 Å². The Morgan fingerprint density at radius 3 is 1.37 bits per heavy atom.